The second kappa shape index (κ2) is 8.15. The highest BCUT2D eigenvalue weighted by Gasteiger charge is 2.19. The number of aromatic carboxylic acids is 1. The normalized spacial score (nSPS) is 17.0. The van der Waals surface area contributed by atoms with Gasteiger partial charge in [0.25, 0.3) is 0 Å². The minimum absolute atomic E-state index is 0.238. The van der Waals surface area contributed by atoms with Crippen molar-refractivity contribution in [2.75, 3.05) is 13.2 Å². The molecule has 0 bridgehead atoms. The molecule has 1 aromatic carbocycles. The number of hydrogen-bond donors (Lipinski definition) is 3. The van der Waals surface area contributed by atoms with Gasteiger partial charge in [-0.2, -0.15) is 0 Å². The maximum Gasteiger partial charge on any atom is 0.335 e. The third kappa shape index (κ3) is 5.14. The lowest BCUT2D eigenvalue weighted by Gasteiger charge is -2.19. The van der Waals surface area contributed by atoms with Crippen LogP contribution in [0.25, 0.3) is 0 Å². The van der Waals surface area contributed by atoms with E-state index in [9.17, 15) is 9.90 Å². The molecular formula is C17H25NO3. The predicted octanol–water partition coefficient (Wildman–Crippen LogP) is 2.66. The lowest BCUT2D eigenvalue weighted by atomic mass is 9.93. The molecule has 4 nitrogen and oxygen atoms in total. The largest absolute Gasteiger partial charge is 0.478 e. The van der Waals surface area contributed by atoms with Gasteiger partial charge in [0.05, 0.1) is 5.56 Å². The first-order valence-corrected chi connectivity index (χ1v) is 7.83. The standard InChI is InChI=1S/C17H25NO3/c19-12-15(9-13-3-1-2-4-13)11-18-10-14-5-7-16(8-6-14)17(20)21/h5-8,13,15,18-19H,1-4,9-12H2,(H,20,21). The molecule has 0 amide bonds. The summed E-state index contributed by atoms with van der Waals surface area (Å²) < 4.78 is 0. The van der Waals surface area contributed by atoms with Gasteiger partial charge >= 0.3 is 5.97 Å². The average Bonchev–Trinajstić information content (AvgIpc) is 2.99. The summed E-state index contributed by atoms with van der Waals surface area (Å²) in [7, 11) is 0. The quantitative estimate of drug-likeness (QED) is 0.688. The molecule has 4 heteroatoms. The summed E-state index contributed by atoms with van der Waals surface area (Å²) in [5.74, 6) is 0.219. The minimum atomic E-state index is -0.897. The summed E-state index contributed by atoms with van der Waals surface area (Å²) in [5.41, 5.74) is 1.38. The third-order valence-corrected chi connectivity index (χ3v) is 4.36. The highest BCUT2D eigenvalue weighted by Crippen LogP contribution is 2.30. The summed E-state index contributed by atoms with van der Waals surface area (Å²) in [6.07, 6.45) is 6.42. The summed E-state index contributed by atoms with van der Waals surface area (Å²) in [6.45, 7) is 1.76. The van der Waals surface area contributed by atoms with E-state index in [4.69, 9.17) is 5.11 Å². The van der Waals surface area contributed by atoms with E-state index in [1.165, 1.54) is 25.7 Å². The Hall–Kier alpha value is -1.39. The zero-order chi connectivity index (χ0) is 15.1. The smallest absolute Gasteiger partial charge is 0.335 e. The van der Waals surface area contributed by atoms with E-state index in [1.54, 1.807) is 12.1 Å². The van der Waals surface area contributed by atoms with E-state index >= 15 is 0 Å². The Morgan fingerprint density at radius 2 is 1.90 bits per heavy atom. The van der Waals surface area contributed by atoms with Crippen LogP contribution in [0.1, 0.15) is 48.0 Å². The van der Waals surface area contributed by atoms with Crippen molar-refractivity contribution in [3.05, 3.63) is 35.4 Å². The molecule has 2 rings (SSSR count). The van der Waals surface area contributed by atoms with E-state index in [1.807, 2.05) is 12.1 Å². The van der Waals surface area contributed by atoms with Crippen molar-refractivity contribution in [1.82, 2.24) is 5.32 Å². The molecular weight excluding hydrogens is 266 g/mol. The highest BCUT2D eigenvalue weighted by molar-refractivity contribution is 5.87. The van der Waals surface area contributed by atoms with E-state index in [0.29, 0.717) is 18.0 Å². The first-order valence-electron chi connectivity index (χ1n) is 7.83. The van der Waals surface area contributed by atoms with Crippen LogP contribution in [0, 0.1) is 11.8 Å². The molecule has 21 heavy (non-hydrogen) atoms. The average molecular weight is 291 g/mol. The predicted molar refractivity (Wildman–Crippen MR) is 82.3 cm³/mol. The molecule has 0 heterocycles. The van der Waals surface area contributed by atoms with Crippen LogP contribution in [0.4, 0.5) is 0 Å². The molecule has 1 fully saturated rings. The lowest BCUT2D eigenvalue weighted by molar-refractivity contribution is 0.0697. The lowest BCUT2D eigenvalue weighted by Crippen LogP contribution is -2.26. The van der Waals surface area contributed by atoms with Crippen LogP contribution in [-0.4, -0.2) is 29.3 Å². The molecule has 1 aromatic rings. The van der Waals surface area contributed by atoms with Crippen LogP contribution in [0.3, 0.4) is 0 Å². The molecule has 1 aliphatic carbocycles. The van der Waals surface area contributed by atoms with Gasteiger partial charge < -0.3 is 15.5 Å². The summed E-state index contributed by atoms with van der Waals surface area (Å²) in [6, 6.07) is 6.92. The first kappa shape index (κ1) is 16.0. The van der Waals surface area contributed by atoms with Crippen LogP contribution >= 0.6 is 0 Å². The number of aliphatic hydroxyl groups excluding tert-OH is 1. The zero-order valence-electron chi connectivity index (χ0n) is 12.4. The Morgan fingerprint density at radius 1 is 1.24 bits per heavy atom. The van der Waals surface area contributed by atoms with E-state index < -0.39 is 5.97 Å². The fourth-order valence-electron chi connectivity index (χ4n) is 3.13. The maximum atomic E-state index is 10.8. The molecule has 0 spiro atoms. The zero-order valence-corrected chi connectivity index (χ0v) is 12.4. The van der Waals surface area contributed by atoms with Gasteiger partial charge in [-0.1, -0.05) is 37.8 Å². The van der Waals surface area contributed by atoms with Crippen LogP contribution < -0.4 is 5.32 Å². The Bertz CT molecular complexity index is 438. The molecule has 116 valence electrons. The van der Waals surface area contributed by atoms with Crippen molar-refractivity contribution >= 4 is 5.97 Å². The first-order chi connectivity index (χ1) is 10.2. The topological polar surface area (TPSA) is 69.6 Å². The van der Waals surface area contributed by atoms with Crippen LogP contribution in [0.5, 0.6) is 0 Å². The molecule has 3 N–H and O–H groups in total. The van der Waals surface area contributed by atoms with Gasteiger partial charge in [0, 0.05) is 19.7 Å². The van der Waals surface area contributed by atoms with Gasteiger partial charge in [0.2, 0.25) is 0 Å². The molecule has 0 saturated heterocycles. The number of nitrogens with one attached hydrogen (secondary N) is 1. The number of hydrogen-bond acceptors (Lipinski definition) is 3. The van der Waals surface area contributed by atoms with E-state index in [2.05, 4.69) is 5.32 Å². The second-order valence-corrected chi connectivity index (χ2v) is 6.07. The molecule has 1 aliphatic rings. The van der Waals surface area contributed by atoms with Crippen LogP contribution in [-0.2, 0) is 6.54 Å². The molecule has 1 unspecified atom stereocenters. The third-order valence-electron chi connectivity index (χ3n) is 4.36. The Labute approximate surface area is 126 Å². The van der Waals surface area contributed by atoms with E-state index in [-0.39, 0.29) is 6.61 Å². The van der Waals surface area contributed by atoms with Crippen molar-refractivity contribution in [1.29, 1.82) is 0 Å². The molecule has 1 atom stereocenters. The highest BCUT2D eigenvalue weighted by atomic mass is 16.4. The molecule has 0 aromatic heterocycles. The van der Waals surface area contributed by atoms with Crippen LogP contribution in [0.2, 0.25) is 0 Å². The van der Waals surface area contributed by atoms with Crippen LogP contribution in [0.15, 0.2) is 24.3 Å². The minimum Gasteiger partial charge on any atom is -0.478 e. The molecule has 0 radical (unpaired) electrons. The Kier molecular flexibility index (Phi) is 6.21. The number of carboxylic acids is 1. The van der Waals surface area contributed by atoms with Crippen molar-refractivity contribution in [3.63, 3.8) is 0 Å². The molecule has 0 aliphatic heterocycles. The van der Waals surface area contributed by atoms with Crippen molar-refractivity contribution in [2.45, 2.75) is 38.6 Å². The summed E-state index contributed by atoms with van der Waals surface area (Å²) in [4.78, 5) is 10.8. The fraction of sp³-hybridized carbons (Fsp3) is 0.588. The maximum absolute atomic E-state index is 10.8. The van der Waals surface area contributed by atoms with Crippen molar-refractivity contribution in [2.24, 2.45) is 11.8 Å². The van der Waals surface area contributed by atoms with E-state index in [0.717, 1.165) is 24.4 Å². The van der Waals surface area contributed by atoms with Gasteiger partial charge in [-0.05, 0) is 36.0 Å². The monoisotopic (exact) mass is 291 g/mol. The number of carboxylic acid groups (broad SMARTS) is 1. The van der Waals surface area contributed by atoms with Crippen molar-refractivity contribution in [3.8, 4) is 0 Å². The van der Waals surface area contributed by atoms with Gasteiger partial charge in [0.15, 0.2) is 0 Å². The molecule has 1 saturated carbocycles. The van der Waals surface area contributed by atoms with Gasteiger partial charge in [0.1, 0.15) is 0 Å². The Morgan fingerprint density at radius 3 is 2.48 bits per heavy atom. The number of aliphatic hydroxyl groups is 1. The number of carbonyl (C=O) groups is 1. The fourth-order valence-corrected chi connectivity index (χ4v) is 3.13. The summed E-state index contributed by atoms with van der Waals surface area (Å²) >= 11 is 0. The Balaban J connectivity index is 1.72. The second-order valence-electron chi connectivity index (χ2n) is 6.07. The van der Waals surface area contributed by atoms with Gasteiger partial charge in [-0.3, -0.25) is 0 Å². The number of rotatable bonds is 8. The number of benzene rings is 1. The van der Waals surface area contributed by atoms with Gasteiger partial charge in [-0.15, -0.1) is 0 Å². The van der Waals surface area contributed by atoms with Gasteiger partial charge in [-0.25, -0.2) is 4.79 Å². The van der Waals surface area contributed by atoms with Crippen molar-refractivity contribution < 1.29 is 15.0 Å². The summed E-state index contributed by atoms with van der Waals surface area (Å²) in [5, 5.41) is 21.7. The SMILES string of the molecule is O=C(O)c1ccc(CNCC(CO)CC2CCCC2)cc1.